The quantitative estimate of drug-likeness (QED) is 0.203. The van der Waals surface area contributed by atoms with Crippen molar-refractivity contribution in [3.8, 4) is 0 Å². The summed E-state index contributed by atoms with van der Waals surface area (Å²) >= 11 is 6.27. The third kappa shape index (κ3) is 7.35. The second-order valence-corrected chi connectivity index (χ2v) is 13.4. The van der Waals surface area contributed by atoms with Crippen molar-refractivity contribution >= 4 is 40.0 Å². The first-order valence-electron chi connectivity index (χ1n) is 16.6. The third-order valence-corrected chi connectivity index (χ3v) is 9.68. The first kappa shape index (κ1) is 31.4. The summed E-state index contributed by atoms with van der Waals surface area (Å²) in [5.41, 5.74) is 7.96. The molecule has 0 spiro atoms. The second kappa shape index (κ2) is 13.9. The molecule has 4 heterocycles. The van der Waals surface area contributed by atoms with Crippen molar-refractivity contribution < 1.29 is 0 Å². The van der Waals surface area contributed by atoms with Crippen molar-refractivity contribution in [1.82, 2.24) is 24.8 Å². The number of nitrogens with one attached hydrogen (secondary N) is 1. The summed E-state index contributed by atoms with van der Waals surface area (Å²) in [6.07, 6.45) is 1.84. The molecule has 8 nitrogen and oxygen atoms in total. The van der Waals surface area contributed by atoms with Crippen LogP contribution in [0.25, 0.3) is 10.9 Å². The summed E-state index contributed by atoms with van der Waals surface area (Å²) in [4.78, 5) is 24.0. The maximum Gasteiger partial charge on any atom is 0.227 e. The second-order valence-electron chi connectivity index (χ2n) is 13.0. The van der Waals surface area contributed by atoms with Gasteiger partial charge in [-0.2, -0.15) is 4.98 Å². The van der Waals surface area contributed by atoms with Crippen LogP contribution in [0.1, 0.15) is 34.0 Å². The molecule has 5 aromatic rings. The van der Waals surface area contributed by atoms with Crippen LogP contribution in [0.4, 0.5) is 17.5 Å². The topological polar surface area (TPSA) is 63.7 Å². The average Bonchev–Trinajstić information content (AvgIpc) is 3.08. The molecule has 0 bridgehead atoms. The Morgan fingerprint density at radius 2 is 1.43 bits per heavy atom. The Morgan fingerprint density at radius 3 is 2.15 bits per heavy atom. The fraction of sp³-hybridized carbons (Fsp3) is 0.342. The van der Waals surface area contributed by atoms with Crippen molar-refractivity contribution in [2.24, 2.45) is 0 Å². The minimum Gasteiger partial charge on any atom is -0.374 e. The van der Waals surface area contributed by atoms with Crippen molar-refractivity contribution in [1.29, 1.82) is 0 Å². The molecule has 1 N–H and O–H groups in total. The summed E-state index contributed by atoms with van der Waals surface area (Å²) in [6.45, 7) is 13.1. The smallest absolute Gasteiger partial charge is 0.227 e. The molecule has 0 saturated carbocycles. The summed E-state index contributed by atoms with van der Waals surface area (Å²) in [7, 11) is 2.18. The van der Waals surface area contributed by atoms with Gasteiger partial charge in [0.15, 0.2) is 0 Å². The van der Waals surface area contributed by atoms with E-state index in [4.69, 9.17) is 21.6 Å². The number of benzene rings is 3. The number of aromatic nitrogens is 3. The molecule has 3 aromatic carbocycles. The number of halogens is 1. The van der Waals surface area contributed by atoms with Crippen LogP contribution in [0.2, 0.25) is 5.02 Å². The predicted octanol–water partition coefficient (Wildman–Crippen LogP) is 6.57. The van der Waals surface area contributed by atoms with Crippen LogP contribution < -0.4 is 15.1 Å². The van der Waals surface area contributed by atoms with Gasteiger partial charge in [0.1, 0.15) is 5.82 Å². The maximum atomic E-state index is 6.27. The zero-order chi connectivity index (χ0) is 32.3. The maximum absolute atomic E-state index is 6.27. The van der Waals surface area contributed by atoms with Gasteiger partial charge in [0.05, 0.1) is 11.6 Å². The van der Waals surface area contributed by atoms with E-state index in [1.165, 1.54) is 22.3 Å². The average molecular weight is 647 g/mol. The molecule has 1 unspecified atom stereocenters. The zero-order valence-electron chi connectivity index (χ0n) is 27.5. The number of piperazine rings is 2. The molecule has 2 aliphatic rings. The fourth-order valence-corrected chi connectivity index (χ4v) is 6.74. The zero-order valence-corrected chi connectivity index (χ0v) is 28.3. The summed E-state index contributed by atoms with van der Waals surface area (Å²) in [6, 6.07) is 27.9. The summed E-state index contributed by atoms with van der Waals surface area (Å²) < 4.78 is 0. The normalized spacial score (nSPS) is 16.9. The van der Waals surface area contributed by atoms with E-state index in [0.29, 0.717) is 5.02 Å². The van der Waals surface area contributed by atoms with Crippen LogP contribution >= 0.6 is 11.6 Å². The largest absolute Gasteiger partial charge is 0.374 e. The highest BCUT2D eigenvalue weighted by Gasteiger charge is 2.22. The van der Waals surface area contributed by atoms with Crippen LogP contribution in [0, 0.1) is 13.8 Å². The van der Waals surface area contributed by atoms with Crippen molar-refractivity contribution in [3.05, 3.63) is 118 Å². The van der Waals surface area contributed by atoms with Crippen LogP contribution in [0.5, 0.6) is 0 Å². The van der Waals surface area contributed by atoms with Crippen LogP contribution in [0.15, 0.2) is 85.1 Å². The van der Waals surface area contributed by atoms with Crippen molar-refractivity contribution in [3.63, 3.8) is 0 Å². The Bertz CT molecular complexity index is 1810. The number of anilines is 3. The lowest BCUT2D eigenvalue weighted by molar-refractivity contribution is 0.249. The highest BCUT2D eigenvalue weighted by molar-refractivity contribution is 6.31. The Balaban J connectivity index is 1.03. The number of aryl methyl sites for hydroxylation is 2. The van der Waals surface area contributed by atoms with E-state index in [-0.39, 0.29) is 6.04 Å². The molecule has 47 heavy (non-hydrogen) atoms. The Labute approximate surface area is 283 Å². The molecule has 2 fully saturated rings. The molecular formula is C38H43ClN8. The minimum absolute atomic E-state index is 0.0125. The van der Waals surface area contributed by atoms with Crippen molar-refractivity contribution in [2.45, 2.75) is 26.4 Å². The minimum atomic E-state index is -0.0125. The number of rotatable bonds is 8. The van der Waals surface area contributed by atoms with Gasteiger partial charge in [-0.05, 0) is 61.9 Å². The highest BCUT2D eigenvalue weighted by atomic mass is 35.5. The first-order valence-corrected chi connectivity index (χ1v) is 17.0. The molecule has 242 valence electrons. The molecular weight excluding hydrogens is 604 g/mol. The lowest BCUT2D eigenvalue weighted by atomic mass is 9.96. The van der Waals surface area contributed by atoms with Crippen LogP contribution in [-0.4, -0.2) is 84.2 Å². The van der Waals surface area contributed by atoms with Gasteiger partial charge >= 0.3 is 0 Å². The van der Waals surface area contributed by atoms with Gasteiger partial charge in [0, 0.05) is 93.0 Å². The standard InChI is InChI=1S/C38H43ClN8/c1-27-4-8-30(9-5-27)37(42-34-14-15-40-35-25-32(39)12-13-33(34)35)31-10-6-29(7-11-31)26-45-18-22-46(23-19-45)36-24-28(2)41-38(43-36)47-20-16-44(3)17-21-47/h4-15,24-25,37H,16-23,26H2,1-3H3,(H,40,42). The number of likely N-dealkylation sites (N-methyl/N-ethyl adjacent to an activating group) is 1. The molecule has 2 aliphatic heterocycles. The van der Waals surface area contributed by atoms with E-state index in [2.05, 4.69) is 105 Å². The van der Waals surface area contributed by atoms with E-state index in [1.807, 2.05) is 30.5 Å². The van der Waals surface area contributed by atoms with Crippen LogP contribution in [-0.2, 0) is 6.54 Å². The summed E-state index contributed by atoms with van der Waals surface area (Å²) in [5.74, 6) is 1.92. The van der Waals surface area contributed by atoms with E-state index in [0.717, 1.165) is 93.0 Å². The first-order chi connectivity index (χ1) is 22.9. The molecule has 2 saturated heterocycles. The fourth-order valence-electron chi connectivity index (χ4n) is 6.58. The van der Waals surface area contributed by atoms with E-state index >= 15 is 0 Å². The van der Waals surface area contributed by atoms with E-state index in [9.17, 15) is 0 Å². The molecule has 7 rings (SSSR count). The lowest BCUT2D eigenvalue weighted by Crippen LogP contribution is -2.47. The molecule has 2 aromatic heterocycles. The molecule has 0 amide bonds. The van der Waals surface area contributed by atoms with Gasteiger partial charge in [-0.1, -0.05) is 65.7 Å². The summed E-state index contributed by atoms with van der Waals surface area (Å²) in [5, 5.41) is 5.57. The van der Waals surface area contributed by atoms with E-state index < -0.39 is 0 Å². The van der Waals surface area contributed by atoms with Gasteiger partial charge in [-0.3, -0.25) is 9.88 Å². The Morgan fingerprint density at radius 1 is 0.745 bits per heavy atom. The van der Waals surface area contributed by atoms with Crippen molar-refractivity contribution in [2.75, 3.05) is 74.5 Å². The van der Waals surface area contributed by atoms with Gasteiger partial charge in [0.2, 0.25) is 5.95 Å². The number of hydrogen-bond acceptors (Lipinski definition) is 8. The Kier molecular flexibility index (Phi) is 9.25. The predicted molar refractivity (Wildman–Crippen MR) is 194 cm³/mol. The van der Waals surface area contributed by atoms with Gasteiger partial charge < -0.3 is 20.0 Å². The molecule has 0 radical (unpaired) electrons. The number of nitrogens with zero attached hydrogens (tertiary/aromatic N) is 7. The number of fused-ring (bicyclic) bond motifs is 1. The van der Waals surface area contributed by atoms with Gasteiger partial charge in [-0.15, -0.1) is 0 Å². The van der Waals surface area contributed by atoms with E-state index in [1.54, 1.807) is 0 Å². The molecule has 9 heteroatoms. The third-order valence-electron chi connectivity index (χ3n) is 9.45. The number of pyridine rings is 1. The Hall–Kier alpha value is -4.24. The number of hydrogen-bond donors (Lipinski definition) is 1. The van der Waals surface area contributed by atoms with Crippen LogP contribution in [0.3, 0.4) is 0 Å². The SMILES string of the molecule is Cc1ccc(C(Nc2ccnc3cc(Cl)ccc23)c2ccc(CN3CCN(c4cc(C)nc(N5CCN(C)CC5)n4)CC3)cc2)cc1. The molecule has 0 aliphatic carbocycles. The molecule has 1 atom stereocenters. The monoisotopic (exact) mass is 646 g/mol. The van der Waals surface area contributed by atoms with Gasteiger partial charge in [-0.25, -0.2) is 4.98 Å². The van der Waals surface area contributed by atoms with Gasteiger partial charge in [0.25, 0.3) is 0 Å². The highest BCUT2D eigenvalue weighted by Crippen LogP contribution is 2.32. The lowest BCUT2D eigenvalue weighted by Gasteiger charge is -2.36.